The summed E-state index contributed by atoms with van der Waals surface area (Å²) in [5.41, 5.74) is 0.665. The second-order valence-electron chi connectivity index (χ2n) is 8.16. The predicted octanol–water partition coefficient (Wildman–Crippen LogP) is 4.40. The maximum absolute atomic E-state index is 15.1. The van der Waals surface area contributed by atoms with Gasteiger partial charge in [-0.15, -0.1) is 0 Å². The fourth-order valence-corrected chi connectivity index (χ4v) is 3.26. The Kier molecular flexibility index (Phi) is 6.92. The van der Waals surface area contributed by atoms with Crippen LogP contribution >= 0.6 is 0 Å². The highest BCUT2D eigenvalue weighted by atomic mass is 19.1. The zero-order valence-electron chi connectivity index (χ0n) is 18.4. The lowest BCUT2D eigenvalue weighted by Gasteiger charge is -2.21. The molecule has 0 aliphatic heterocycles. The number of pyridine rings is 1. The van der Waals surface area contributed by atoms with Crippen LogP contribution in [0.5, 0.6) is 0 Å². The first-order chi connectivity index (χ1) is 15.3. The number of rotatable bonds is 8. The van der Waals surface area contributed by atoms with E-state index in [9.17, 15) is 4.79 Å². The van der Waals surface area contributed by atoms with Gasteiger partial charge in [-0.3, -0.25) is 25.6 Å². The van der Waals surface area contributed by atoms with Gasteiger partial charge in [0.15, 0.2) is 5.82 Å². The van der Waals surface area contributed by atoms with Gasteiger partial charge in [0.05, 0.1) is 17.6 Å². The minimum Gasteiger partial charge on any atom is -0.318 e. The van der Waals surface area contributed by atoms with Crippen LogP contribution in [0.2, 0.25) is 0 Å². The SMILES string of the molecule is CN=C/C=C\C(C)(C)c1ccnc(C(=O)Nc2cccc(C(=N)N(C=N)C3CC3)c2F)c1. The summed E-state index contributed by atoms with van der Waals surface area (Å²) in [6.45, 7) is 4.02. The lowest BCUT2D eigenvalue weighted by molar-refractivity contribution is 0.102. The van der Waals surface area contributed by atoms with E-state index >= 15 is 4.39 Å². The van der Waals surface area contributed by atoms with Gasteiger partial charge in [0.2, 0.25) is 0 Å². The molecule has 1 fully saturated rings. The van der Waals surface area contributed by atoms with Gasteiger partial charge in [-0.25, -0.2) is 4.39 Å². The molecular formula is C24H27FN6O. The Labute approximate surface area is 187 Å². The van der Waals surface area contributed by atoms with Crippen LogP contribution in [0.4, 0.5) is 10.1 Å². The number of amides is 1. The van der Waals surface area contributed by atoms with Crippen molar-refractivity contribution in [2.24, 2.45) is 4.99 Å². The third kappa shape index (κ3) is 5.14. The number of benzene rings is 1. The molecule has 1 aromatic heterocycles. The number of allylic oxidation sites excluding steroid dienone is 2. The summed E-state index contributed by atoms with van der Waals surface area (Å²) in [5, 5.41) is 18.4. The number of carbonyl (C=O) groups is 1. The molecule has 0 unspecified atom stereocenters. The monoisotopic (exact) mass is 434 g/mol. The van der Waals surface area contributed by atoms with Gasteiger partial charge in [-0.05, 0) is 48.7 Å². The van der Waals surface area contributed by atoms with Gasteiger partial charge in [-0.2, -0.15) is 0 Å². The Morgan fingerprint density at radius 2 is 2.09 bits per heavy atom. The van der Waals surface area contributed by atoms with Crippen molar-refractivity contribution < 1.29 is 9.18 Å². The van der Waals surface area contributed by atoms with Crippen molar-refractivity contribution in [2.75, 3.05) is 12.4 Å². The van der Waals surface area contributed by atoms with Gasteiger partial charge in [0.1, 0.15) is 11.5 Å². The number of aromatic nitrogens is 1. The summed E-state index contributed by atoms with van der Waals surface area (Å²) in [4.78, 5) is 22.3. The summed E-state index contributed by atoms with van der Waals surface area (Å²) in [5.74, 6) is -1.35. The highest BCUT2D eigenvalue weighted by Gasteiger charge is 2.31. The number of halogens is 1. The number of hydrogen-bond donors (Lipinski definition) is 3. The standard InChI is InChI=1S/C24H27FN6O/c1-24(2,11-5-12-28-3)16-10-13-29-20(14-16)23(32)30-19-7-4-6-18(21(19)25)22(27)31(15-26)17-8-9-17/h4-7,10-15,17,26-27H,8-9H2,1-3H3,(H,30,32)/b11-5-,26-15?,27-22?,28-12?. The molecule has 0 spiro atoms. The number of hydrogen-bond acceptors (Lipinski definition) is 5. The number of nitrogens with zero attached hydrogens (tertiary/aromatic N) is 3. The van der Waals surface area contributed by atoms with Crippen molar-refractivity contribution in [2.45, 2.75) is 38.1 Å². The Bertz CT molecular complexity index is 1090. The van der Waals surface area contributed by atoms with Gasteiger partial charge < -0.3 is 10.2 Å². The van der Waals surface area contributed by atoms with E-state index in [2.05, 4.69) is 15.3 Å². The van der Waals surface area contributed by atoms with Gasteiger partial charge in [-0.1, -0.05) is 26.0 Å². The van der Waals surface area contributed by atoms with E-state index in [-0.39, 0.29) is 34.2 Å². The smallest absolute Gasteiger partial charge is 0.274 e. The highest BCUT2D eigenvalue weighted by molar-refractivity contribution is 6.06. The van der Waals surface area contributed by atoms with Crippen LogP contribution in [0.3, 0.4) is 0 Å². The van der Waals surface area contributed by atoms with E-state index < -0.39 is 11.7 Å². The molecular weight excluding hydrogens is 407 g/mol. The van der Waals surface area contributed by atoms with E-state index in [4.69, 9.17) is 10.8 Å². The number of amidine groups is 1. The molecule has 1 heterocycles. The van der Waals surface area contributed by atoms with Crippen molar-refractivity contribution in [1.29, 1.82) is 10.8 Å². The zero-order valence-corrected chi connectivity index (χ0v) is 18.4. The predicted molar refractivity (Wildman–Crippen MR) is 126 cm³/mol. The molecule has 0 radical (unpaired) electrons. The van der Waals surface area contributed by atoms with Gasteiger partial charge in [0, 0.05) is 30.9 Å². The second-order valence-corrected chi connectivity index (χ2v) is 8.16. The molecule has 1 saturated carbocycles. The van der Waals surface area contributed by atoms with E-state index in [0.29, 0.717) is 0 Å². The molecule has 166 valence electrons. The summed E-state index contributed by atoms with van der Waals surface area (Å²) < 4.78 is 15.1. The quantitative estimate of drug-likeness (QED) is 0.423. The minimum absolute atomic E-state index is 0.0313. The summed E-state index contributed by atoms with van der Waals surface area (Å²) >= 11 is 0. The topological polar surface area (TPSA) is 105 Å². The van der Waals surface area contributed by atoms with Crippen molar-refractivity contribution in [3.63, 3.8) is 0 Å². The first-order valence-corrected chi connectivity index (χ1v) is 10.3. The third-order valence-corrected chi connectivity index (χ3v) is 5.32. The van der Waals surface area contributed by atoms with E-state index in [1.54, 1.807) is 31.6 Å². The molecule has 1 amide bonds. The Morgan fingerprint density at radius 1 is 1.34 bits per heavy atom. The van der Waals surface area contributed by atoms with Crippen molar-refractivity contribution in [3.8, 4) is 0 Å². The second kappa shape index (κ2) is 9.64. The molecule has 2 aromatic rings. The Balaban J connectivity index is 1.82. The Hall–Kier alpha value is -3.68. The van der Waals surface area contributed by atoms with Gasteiger partial charge >= 0.3 is 0 Å². The average Bonchev–Trinajstić information content (AvgIpc) is 3.61. The van der Waals surface area contributed by atoms with Crippen molar-refractivity contribution in [3.05, 3.63) is 71.3 Å². The van der Waals surface area contributed by atoms with E-state index in [1.807, 2.05) is 32.1 Å². The fourth-order valence-electron chi connectivity index (χ4n) is 3.26. The molecule has 0 saturated heterocycles. The molecule has 3 N–H and O–H groups in total. The number of nitrogens with one attached hydrogen (secondary N) is 3. The number of carbonyl (C=O) groups excluding carboxylic acids is 1. The summed E-state index contributed by atoms with van der Waals surface area (Å²) in [7, 11) is 1.69. The minimum atomic E-state index is -0.711. The maximum atomic E-state index is 15.1. The van der Waals surface area contributed by atoms with Crippen LogP contribution in [0.25, 0.3) is 0 Å². The molecule has 1 aliphatic rings. The normalized spacial score (nSPS) is 14.0. The molecule has 8 heteroatoms. The molecule has 0 atom stereocenters. The highest BCUT2D eigenvalue weighted by Crippen LogP contribution is 2.29. The van der Waals surface area contributed by atoms with Crippen LogP contribution < -0.4 is 5.32 Å². The number of aliphatic imine (C=N–C) groups is 1. The van der Waals surface area contributed by atoms with Crippen molar-refractivity contribution in [1.82, 2.24) is 9.88 Å². The van der Waals surface area contributed by atoms with E-state index in [0.717, 1.165) is 24.7 Å². The Morgan fingerprint density at radius 3 is 2.75 bits per heavy atom. The lowest BCUT2D eigenvalue weighted by atomic mass is 9.84. The molecule has 3 rings (SSSR count). The third-order valence-electron chi connectivity index (χ3n) is 5.32. The number of anilines is 1. The molecule has 1 aliphatic carbocycles. The van der Waals surface area contributed by atoms with Crippen LogP contribution in [-0.4, -0.2) is 47.3 Å². The molecule has 1 aromatic carbocycles. The van der Waals surface area contributed by atoms with E-state index in [1.165, 1.54) is 17.0 Å². The summed E-state index contributed by atoms with van der Waals surface area (Å²) in [6.07, 6.45) is 9.84. The van der Waals surface area contributed by atoms with Crippen LogP contribution in [0.1, 0.15) is 48.3 Å². The molecule has 32 heavy (non-hydrogen) atoms. The van der Waals surface area contributed by atoms with Crippen LogP contribution in [-0.2, 0) is 5.41 Å². The molecule has 7 nitrogen and oxygen atoms in total. The summed E-state index contributed by atoms with van der Waals surface area (Å²) in [6, 6.07) is 8.05. The first kappa shape index (κ1) is 23.0. The largest absolute Gasteiger partial charge is 0.318 e. The average molecular weight is 435 g/mol. The van der Waals surface area contributed by atoms with Gasteiger partial charge in [0.25, 0.3) is 5.91 Å². The molecule has 0 bridgehead atoms. The first-order valence-electron chi connectivity index (χ1n) is 10.3. The van der Waals surface area contributed by atoms with Crippen LogP contribution in [0, 0.1) is 16.6 Å². The zero-order chi connectivity index (χ0) is 23.3. The lowest BCUT2D eigenvalue weighted by Crippen LogP contribution is -2.32. The maximum Gasteiger partial charge on any atom is 0.274 e. The fraction of sp³-hybridized carbons (Fsp3) is 0.292. The van der Waals surface area contributed by atoms with Crippen molar-refractivity contribution >= 4 is 30.0 Å². The van der Waals surface area contributed by atoms with Crippen LogP contribution in [0.15, 0.2) is 53.7 Å².